The van der Waals surface area contributed by atoms with Crippen LogP contribution in [0.3, 0.4) is 0 Å². The number of pyridine rings is 2. The number of hydrogen-bond donors (Lipinski definition) is 1. The van der Waals surface area contributed by atoms with E-state index < -0.39 is 4.92 Å². The van der Waals surface area contributed by atoms with Crippen LogP contribution in [0.25, 0.3) is 0 Å². The van der Waals surface area contributed by atoms with E-state index in [0.29, 0.717) is 29.9 Å². The van der Waals surface area contributed by atoms with Crippen molar-refractivity contribution in [2.75, 3.05) is 23.8 Å². The van der Waals surface area contributed by atoms with Crippen molar-refractivity contribution in [2.24, 2.45) is 0 Å². The average Bonchev–Trinajstić information content (AvgIpc) is 2.49. The molecule has 2 aromatic heterocycles. The summed E-state index contributed by atoms with van der Waals surface area (Å²) in [5, 5.41) is 14.6. The lowest BCUT2D eigenvalue weighted by atomic mass is 10.2. The predicted molar refractivity (Wildman–Crippen MR) is 86.4 cm³/mol. The molecule has 0 bridgehead atoms. The number of rotatable bonds is 6. The maximum atomic E-state index is 11.2. The second-order valence-corrected chi connectivity index (χ2v) is 5.06. The normalized spacial score (nSPS) is 10.3. The number of anilines is 2. The number of nitrogens with one attached hydrogen (secondary N) is 1. The van der Waals surface area contributed by atoms with E-state index in [2.05, 4.69) is 15.3 Å². The minimum absolute atomic E-state index is 0.0360. The molecule has 2 rings (SSSR count). The molecule has 7 nitrogen and oxygen atoms in total. The Labute approximate surface area is 133 Å². The van der Waals surface area contributed by atoms with E-state index in [-0.39, 0.29) is 5.69 Å². The summed E-state index contributed by atoms with van der Waals surface area (Å²) in [5.74, 6) is 0.905. The second-order valence-electron chi connectivity index (χ2n) is 4.67. The van der Waals surface area contributed by atoms with Crippen LogP contribution in [0, 0.1) is 10.1 Å². The van der Waals surface area contributed by atoms with Gasteiger partial charge in [-0.2, -0.15) is 0 Å². The van der Waals surface area contributed by atoms with Crippen LogP contribution in [-0.4, -0.2) is 28.5 Å². The van der Waals surface area contributed by atoms with E-state index in [1.807, 2.05) is 13.0 Å². The van der Waals surface area contributed by atoms with E-state index in [4.69, 9.17) is 11.6 Å². The van der Waals surface area contributed by atoms with Crippen LogP contribution < -0.4 is 10.2 Å². The monoisotopic (exact) mass is 321 g/mol. The van der Waals surface area contributed by atoms with E-state index in [1.54, 1.807) is 30.3 Å². The Morgan fingerprint density at radius 3 is 2.73 bits per heavy atom. The van der Waals surface area contributed by atoms with Gasteiger partial charge < -0.3 is 10.2 Å². The predicted octanol–water partition coefficient (Wildman–Crippen LogP) is 3.11. The molecule has 2 aromatic rings. The summed E-state index contributed by atoms with van der Waals surface area (Å²) < 4.78 is 0. The van der Waals surface area contributed by atoms with Gasteiger partial charge in [-0.15, -0.1) is 0 Å². The minimum Gasteiger partial charge on any atom is -0.370 e. The Hall–Kier alpha value is -2.41. The van der Waals surface area contributed by atoms with Crippen molar-refractivity contribution < 1.29 is 4.92 Å². The van der Waals surface area contributed by atoms with Crippen LogP contribution in [0.1, 0.15) is 12.5 Å². The first-order chi connectivity index (χ1) is 10.5. The Morgan fingerprint density at radius 2 is 2.14 bits per heavy atom. The second kappa shape index (κ2) is 7.04. The third-order valence-corrected chi connectivity index (χ3v) is 3.20. The molecular formula is C14H16ClN5O2. The Kier molecular flexibility index (Phi) is 5.11. The molecule has 22 heavy (non-hydrogen) atoms. The molecule has 0 aliphatic rings. The molecule has 0 spiro atoms. The molecule has 2 heterocycles. The summed E-state index contributed by atoms with van der Waals surface area (Å²) in [7, 11) is 1.75. The Bertz CT molecular complexity index is 663. The third kappa shape index (κ3) is 3.82. The van der Waals surface area contributed by atoms with Crippen molar-refractivity contribution in [3.8, 4) is 0 Å². The van der Waals surface area contributed by atoms with Crippen LogP contribution in [-0.2, 0) is 6.54 Å². The van der Waals surface area contributed by atoms with Gasteiger partial charge in [0.05, 0.1) is 4.92 Å². The van der Waals surface area contributed by atoms with Crippen molar-refractivity contribution in [1.29, 1.82) is 0 Å². The number of hydrogen-bond acceptors (Lipinski definition) is 6. The molecule has 0 amide bonds. The minimum atomic E-state index is -0.436. The fourth-order valence-corrected chi connectivity index (χ4v) is 2.10. The molecule has 0 saturated carbocycles. The fourth-order valence-electron chi connectivity index (χ4n) is 1.99. The van der Waals surface area contributed by atoms with Gasteiger partial charge in [0.1, 0.15) is 11.0 Å². The van der Waals surface area contributed by atoms with Crippen LogP contribution in [0.5, 0.6) is 0 Å². The summed E-state index contributed by atoms with van der Waals surface area (Å²) in [6, 6.07) is 6.56. The Balaban J connectivity index is 2.29. The highest BCUT2D eigenvalue weighted by Crippen LogP contribution is 2.27. The van der Waals surface area contributed by atoms with Gasteiger partial charge >= 0.3 is 5.69 Å². The molecule has 0 fully saturated rings. The van der Waals surface area contributed by atoms with Crippen LogP contribution >= 0.6 is 11.6 Å². The number of aromatic nitrogens is 2. The van der Waals surface area contributed by atoms with E-state index in [9.17, 15) is 10.1 Å². The molecule has 0 aliphatic heterocycles. The third-order valence-electron chi connectivity index (χ3n) is 2.98. The standard InChI is InChI=1S/C14H16ClN5O2/c1-3-16-13-7-5-11(20(21)22)14(18-13)19(2)9-10-4-6-12(15)17-8-10/h4-8H,3,9H2,1-2H3,(H,16,18). The number of nitro groups is 1. The van der Waals surface area contributed by atoms with Gasteiger partial charge in [0.2, 0.25) is 5.82 Å². The molecule has 0 aliphatic carbocycles. The zero-order valence-electron chi connectivity index (χ0n) is 12.3. The van der Waals surface area contributed by atoms with E-state index in [1.165, 1.54) is 6.07 Å². The van der Waals surface area contributed by atoms with Crippen molar-refractivity contribution >= 4 is 28.9 Å². The fraction of sp³-hybridized carbons (Fsp3) is 0.286. The maximum Gasteiger partial charge on any atom is 0.311 e. The first kappa shape index (κ1) is 16.0. The maximum absolute atomic E-state index is 11.2. The summed E-state index contributed by atoms with van der Waals surface area (Å²) in [4.78, 5) is 20.8. The first-order valence-corrected chi connectivity index (χ1v) is 7.10. The highest BCUT2D eigenvalue weighted by molar-refractivity contribution is 6.29. The average molecular weight is 322 g/mol. The molecule has 0 unspecified atom stereocenters. The van der Waals surface area contributed by atoms with Gasteiger partial charge in [-0.05, 0) is 24.6 Å². The van der Waals surface area contributed by atoms with Gasteiger partial charge in [0.25, 0.3) is 0 Å². The zero-order valence-corrected chi connectivity index (χ0v) is 13.0. The van der Waals surface area contributed by atoms with Crippen molar-refractivity contribution in [2.45, 2.75) is 13.5 Å². The van der Waals surface area contributed by atoms with Crippen molar-refractivity contribution in [1.82, 2.24) is 9.97 Å². The first-order valence-electron chi connectivity index (χ1n) is 6.72. The van der Waals surface area contributed by atoms with Gasteiger partial charge in [-0.1, -0.05) is 17.7 Å². The largest absolute Gasteiger partial charge is 0.370 e. The van der Waals surface area contributed by atoms with Crippen LogP contribution in [0.4, 0.5) is 17.3 Å². The van der Waals surface area contributed by atoms with E-state index in [0.717, 1.165) is 5.56 Å². The van der Waals surface area contributed by atoms with Gasteiger partial charge in [0.15, 0.2) is 0 Å². The highest BCUT2D eigenvalue weighted by atomic mass is 35.5. The Morgan fingerprint density at radius 1 is 1.36 bits per heavy atom. The van der Waals surface area contributed by atoms with Crippen LogP contribution in [0.2, 0.25) is 5.15 Å². The SMILES string of the molecule is CCNc1ccc([N+](=O)[O-])c(N(C)Cc2ccc(Cl)nc2)n1. The van der Waals surface area contributed by atoms with Crippen molar-refractivity contribution in [3.63, 3.8) is 0 Å². The smallest absolute Gasteiger partial charge is 0.311 e. The molecule has 0 atom stereocenters. The molecule has 0 saturated heterocycles. The molecule has 0 aromatic carbocycles. The molecular weight excluding hydrogens is 306 g/mol. The van der Waals surface area contributed by atoms with Gasteiger partial charge in [-0.3, -0.25) is 10.1 Å². The molecule has 0 radical (unpaired) electrons. The topological polar surface area (TPSA) is 84.2 Å². The summed E-state index contributed by atoms with van der Waals surface area (Å²) in [6.07, 6.45) is 1.64. The van der Waals surface area contributed by atoms with Gasteiger partial charge in [-0.25, -0.2) is 9.97 Å². The number of halogens is 1. The van der Waals surface area contributed by atoms with Crippen LogP contribution in [0.15, 0.2) is 30.5 Å². The highest BCUT2D eigenvalue weighted by Gasteiger charge is 2.19. The lowest BCUT2D eigenvalue weighted by molar-refractivity contribution is -0.384. The molecule has 116 valence electrons. The zero-order chi connectivity index (χ0) is 16.1. The summed E-state index contributed by atoms with van der Waals surface area (Å²) in [6.45, 7) is 3.06. The molecule has 8 heteroatoms. The molecule has 1 N–H and O–H groups in total. The van der Waals surface area contributed by atoms with Crippen molar-refractivity contribution in [3.05, 3.63) is 51.3 Å². The lowest BCUT2D eigenvalue weighted by Gasteiger charge is -2.18. The van der Waals surface area contributed by atoms with E-state index >= 15 is 0 Å². The lowest BCUT2D eigenvalue weighted by Crippen LogP contribution is -2.19. The summed E-state index contributed by atoms with van der Waals surface area (Å²) in [5.41, 5.74) is 0.850. The quantitative estimate of drug-likeness (QED) is 0.500. The number of nitrogens with zero attached hydrogens (tertiary/aromatic N) is 4. The summed E-state index contributed by atoms with van der Waals surface area (Å²) >= 11 is 5.75. The van der Waals surface area contributed by atoms with Gasteiger partial charge in [0, 0.05) is 32.4 Å².